The van der Waals surface area contributed by atoms with E-state index in [-0.39, 0.29) is 48.1 Å². The highest BCUT2D eigenvalue weighted by Crippen LogP contribution is 2.36. The Morgan fingerprint density at radius 3 is 2.69 bits per heavy atom. The van der Waals surface area contributed by atoms with E-state index in [0.717, 1.165) is 11.6 Å². The topological polar surface area (TPSA) is 122 Å². The van der Waals surface area contributed by atoms with Crippen LogP contribution in [0.25, 0.3) is 5.65 Å². The van der Waals surface area contributed by atoms with E-state index in [4.69, 9.17) is 14.2 Å². The summed E-state index contributed by atoms with van der Waals surface area (Å²) in [6.07, 6.45) is 1.65. The second-order valence-electron chi connectivity index (χ2n) is 6.37. The van der Waals surface area contributed by atoms with Gasteiger partial charge in [0.25, 0.3) is 11.2 Å². The molecule has 0 spiro atoms. The molecule has 0 radical (unpaired) electrons. The van der Waals surface area contributed by atoms with E-state index in [2.05, 4.69) is 4.98 Å². The van der Waals surface area contributed by atoms with E-state index in [9.17, 15) is 19.7 Å². The molecule has 3 aromatic rings. The van der Waals surface area contributed by atoms with Crippen LogP contribution in [0.1, 0.15) is 21.6 Å². The van der Waals surface area contributed by atoms with Gasteiger partial charge in [0, 0.05) is 18.3 Å². The van der Waals surface area contributed by atoms with Gasteiger partial charge in [-0.05, 0) is 18.6 Å². The van der Waals surface area contributed by atoms with Crippen molar-refractivity contribution in [3.05, 3.63) is 73.8 Å². The number of pyridine rings is 1. The number of aryl methyl sites for hydroxylation is 1. The first-order valence-electron chi connectivity index (χ1n) is 8.66. The number of nitro groups is 1. The van der Waals surface area contributed by atoms with Gasteiger partial charge in [0.15, 0.2) is 11.5 Å². The fraction of sp³-hybridized carbons (Fsp3) is 0.211. The molecule has 0 aliphatic carbocycles. The zero-order chi connectivity index (χ0) is 20.5. The second-order valence-corrected chi connectivity index (χ2v) is 6.37. The van der Waals surface area contributed by atoms with Crippen LogP contribution in [0.5, 0.6) is 11.5 Å². The minimum atomic E-state index is -0.931. The smallest absolute Gasteiger partial charge is 0.345 e. The lowest BCUT2D eigenvalue weighted by Gasteiger charge is -2.18. The molecule has 4 rings (SSSR count). The summed E-state index contributed by atoms with van der Waals surface area (Å²) in [7, 11) is 0. The molecule has 1 aliphatic heterocycles. The predicted molar refractivity (Wildman–Crippen MR) is 99.4 cm³/mol. The van der Waals surface area contributed by atoms with Crippen molar-refractivity contribution < 1.29 is 23.9 Å². The Morgan fingerprint density at radius 2 is 1.97 bits per heavy atom. The average Bonchev–Trinajstić information content (AvgIpc) is 2.71. The van der Waals surface area contributed by atoms with Crippen LogP contribution < -0.4 is 15.0 Å². The van der Waals surface area contributed by atoms with Crippen molar-refractivity contribution in [2.24, 2.45) is 0 Å². The highest BCUT2D eigenvalue weighted by molar-refractivity contribution is 5.95. The van der Waals surface area contributed by atoms with E-state index < -0.39 is 16.6 Å². The Morgan fingerprint density at radius 1 is 1.24 bits per heavy atom. The van der Waals surface area contributed by atoms with Crippen molar-refractivity contribution in [3.63, 3.8) is 0 Å². The Kier molecular flexibility index (Phi) is 4.59. The van der Waals surface area contributed by atoms with E-state index in [0.29, 0.717) is 5.65 Å². The lowest BCUT2D eigenvalue weighted by molar-refractivity contribution is -0.385. The molecule has 2 aromatic heterocycles. The molecule has 29 heavy (non-hydrogen) atoms. The number of hydrogen-bond acceptors (Lipinski definition) is 8. The standard InChI is InChI=1S/C19H15N3O7/c1-11-2-3-17-20-12(6-18(23)21(17)9-11)10-29-19(24)13-7-15-16(28-5-4-27-15)8-14(13)22(25)26/h2-3,6-9H,4-5,10H2,1H3. The number of carbonyl (C=O) groups excluding carboxylic acids is 1. The summed E-state index contributed by atoms with van der Waals surface area (Å²) >= 11 is 0. The lowest BCUT2D eigenvalue weighted by Crippen LogP contribution is -2.18. The van der Waals surface area contributed by atoms with Crippen molar-refractivity contribution in [2.75, 3.05) is 13.2 Å². The van der Waals surface area contributed by atoms with Gasteiger partial charge >= 0.3 is 5.97 Å². The van der Waals surface area contributed by atoms with Gasteiger partial charge in [-0.1, -0.05) is 6.07 Å². The third-order valence-electron chi connectivity index (χ3n) is 4.29. The van der Waals surface area contributed by atoms with Gasteiger partial charge in [-0.15, -0.1) is 0 Å². The quantitative estimate of drug-likeness (QED) is 0.372. The maximum atomic E-state index is 12.5. The molecular formula is C19H15N3O7. The minimum Gasteiger partial charge on any atom is -0.486 e. The van der Waals surface area contributed by atoms with Gasteiger partial charge in [-0.3, -0.25) is 19.3 Å². The summed E-state index contributed by atoms with van der Waals surface area (Å²) in [5, 5.41) is 11.3. The van der Waals surface area contributed by atoms with Gasteiger partial charge in [0.2, 0.25) is 0 Å². The third-order valence-corrected chi connectivity index (χ3v) is 4.29. The van der Waals surface area contributed by atoms with Gasteiger partial charge in [0.05, 0.1) is 16.7 Å². The van der Waals surface area contributed by atoms with Crippen LogP contribution in [0.4, 0.5) is 5.69 Å². The SMILES string of the molecule is Cc1ccc2nc(COC(=O)c3cc4c(cc3[N+](=O)[O-])OCCO4)cc(=O)n2c1. The van der Waals surface area contributed by atoms with Crippen LogP contribution in [-0.2, 0) is 11.3 Å². The molecule has 0 amide bonds. The zero-order valence-electron chi connectivity index (χ0n) is 15.3. The normalized spacial score (nSPS) is 12.6. The first-order valence-corrected chi connectivity index (χ1v) is 8.66. The van der Waals surface area contributed by atoms with Gasteiger partial charge < -0.3 is 14.2 Å². The summed E-state index contributed by atoms with van der Waals surface area (Å²) < 4.78 is 17.2. The van der Waals surface area contributed by atoms with Crippen molar-refractivity contribution in [1.29, 1.82) is 0 Å². The molecule has 10 heteroatoms. The van der Waals surface area contributed by atoms with E-state index in [1.165, 1.54) is 16.5 Å². The average molecular weight is 397 g/mol. The number of aromatic nitrogens is 2. The monoisotopic (exact) mass is 397 g/mol. The molecule has 0 N–H and O–H groups in total. The highest BCUT2D eigenvalue weighted by Gasteiger charge is 2.27. The Balaban J connectivity index is 1.60. The fourth-order valence-electron chi connectivity index (χ4n) is 2.94. The number of fused-ring (bicyclic) bond motifs is 2. The summed E-state index contributed by atoms with van der Waals surface area (Å²) in [6.45, 7) is 2.06. The first-order chi connectivity index (χ1) is 13.9. The Bertz CT molecular complexity index is 1200. The van der Waals surface area contributed by atoms with E-state index >= 15 is 0 Å². The summed E-state index contributed by atoms with van der Waals surface area (Å²) in [4.78, 5) is 39.7. The van der Waals surface area contributed by atoms with E-state index in [1.807, 2.05) is 6.92 Å². The third kappa shape index (κ3) is 3.59. The summed E-state index contributed by atoms with van der Waals surface area (Å²) in [5.74, 6) is -0.509. The van der Waals surface area contributed by atoms with Crippen molar-refractivity contribution >= 4 is 17.3 Å². The fourth-order valence-corrected chi connectivity index (χ4v) is 2.94. The van der Waals surface area contributed by atoms with Crippen LogP contribution >= 0.6 is 0 Å². The van der Waals surface area contributed by atoms with Crippen molar-refractivity contribution in [2.45, 2.75) is 13.5 Å². The molecule has 0 saturated heterocycles. The zero-order valence-corrected chi connectivity index (χ0v) is 15.3. The van der Waals surface area contributed by atoms with Crippen molar-refractivity contribution in [1.82, 2.24) is 9.38 Å². The molecule has 0 atom stereocenters. The number of hydrogen-bond donors (Lipinski definition) is 0. The number of ether oxygens (including phenoxy) is 3. The molecule has 0 bridgehead atoms. The Labute approximate surface area is 163 Å². The molecule has 1 aromatic carbocycles. The summed E-state index contributed by atoms with van der Waals surface area (Å²) in [5.41, 5.74) is 0.474. The molecule has 1 aliphatic rings. The van der Waals surface area contributed by atoms with Gasteiger partial charge in [0.1, 0.15) is 31.0 Å². The van der Waals surface area contributed by atoms with Crippen LogP contribution in [0.15, 0.2) is 41.3 Å². The number of carbonyl (C=O) groups is 1. The molecule has 0 saturated carbocycles. The number of esters is 1. The van der Waals surface area contributed by atoms with Crippen LogP contribution in [0.3, 0.4) is 0 Å². The van der Waals surface area contributed by atoms with E-state index in [1.54, 1.807) is 18.3 Å². The summed E-state index contributed by atoms with van der Waals surface area (Å²) in [6, 6.07) is 7.08. The first kappa shape index (κ1) is 18.4. The number of rotatable bonds is 4. The number of benzene rings is 1. The Hall–Kier alpha value is -3.95. The van der Waals surface area contributed by atoms with Gasteiger partial charge in [-0.25, -0.2) is 9.78 Å². The second kappa shape index (κ2) is 7.23. The number of nitro benzene ring substituents is 1. The minimum absolute atomic E-state index is 0.194. The largest absolute Gasteiger partial charge is 0.486 e. The molecule has 148 valence electrons. The molecule has 0 fully saturated rings. The molecule has 0 unspecified atom stereocenters. The lowest BCUT2D eigenvalue weighted by atomic mass is 10.1. The van der Waals surface area contributed by atoms with Gasteiger partial charge in [-0.2, -0.15) is 0 Å². The highest BCUT2D eigenvalue weighted by atomic mass is 16.6. The van der Waals surface area contributed by atoms with Crippen LogP contribution in [0.2, 0.25) is 0 Å². The molecule has 3 heterocycles. The number of nitrogens with zero attached hydrogens (tertiary/aromatic N) is 3. The van der Waals surface area contributed by atoms with Crippen LogP contribution in [0, 0.1) is 17.0 Å². The maximum Gasteiger partial charge on any atom is 0.345 e. The van der Waals surface area contributed by atoms with Crippen molar-refractivity contribution in [3.8, 4) is 11.5 Å². The molecule has 10 nitrogen and oxygen atoms in total. The predicted octanol–water partition coefficient (Wildman–Crippen LogP) is 2.04. The maximum absolute atomic E-state index is 12.5. The molecular weight excluding hydrogens is 382 g/mol. The van der Waals surface area contributed by atoms with Crippen LogP contribution in [-0.4, -0.2) is 33.5 Å².